The van der Waals surface area contributed by atoms with E-state index >= 15 is 0 Å². The highest BCUT2D eigenvalue weighted by molar-refractivity contribution is 5.91. The number of nitrogen functional groups attached to an aromatic ring is 1. The molecule has 0 aliphatic heterocycles. The first-order valence-corrected chi connectivity index (χ1v) is 7.95. The molecule has 114 valence electrons. The summed E-state index contributed by atoms with van der Waals surface area (Å²) in [6.45, 7) is 3.11. The molecule has 0 radical (unpaired) electrons. The van der Waals surface area contributed by atoms with Crippen molar-refractivity contribution in [1.29, 1.82) is 0 Å². The predicted molar refractivity (Wildman–Crippen MR) is 88.6 cm³/mol. The molecule has 1 saturated carbocycles. The van der Waals surface area contributed by atoms with Gasteiger partial charge in [-0.2, -0.15) is 0 Å². The molecule has 2 rings (SSSR count). The minimum absolute atomic E-state index is 0.0266. The van der Waals surface area contributed by atoms with Crippen LogP contribution in [0.15, 0.2) is 30.3 Å². The van der Waals surface area contributed by atoms with Crippen LogP contribution in [0.4, 0.5) is 5.69 Å². The van der Waals surface area contributed by atoms with Gasteiger partial charge in [0.1, 0.15) is 0 Å². The molecule has 3 N–H and O–H groups in total. The third-order valence-electron chi connectivity index (χ3n) is 4.23. The summed E-state index contributed by atoms with van der Waals surface area (Å²) in [5.41, 5.74) is 7.37. The Kier molecular flexibility index (Phi) is 5.85. The van der Waals surface area contributed by atoms with Gasteiger partial charge in [0.2, 0.25) is 5.91 Å². The van der Waals surface area contributed by atoms with E-state index in [2.05, 4.69) is 12.2 Å². The van der Waals surface area contributed by atoms with Gasteiger partial charge >= 0.3 is 0 Å². The van der Waals surface area contributed by atoms with Gasteiger partial charge < -0.3 is 11.1 Å². The Hall–Kier alpha value is -1.77. The minimum atomic E-state index is -0.0266. The molecule has 21 heavy (non-hydrogen) atoms. The second kappa shape index (κ2) is 7.87. The number of anilines is 1. The van der Waals surface area contributed by atoms with E-state index in [4.69, 9.17) is 5.73 Å². The summed E-state index contributed by atoms with van der Waals surface area (Å²) in [6.07, 6.45) is 9.82. The number of amides is 1. The van der Waals surface area contributed by atoms with Gasteiger partial charge in [0, 0.05) is 18.3 Å². The first-order chi connectivity index (χ1) is 10.1. The van der Waals surface area contributed by atoms with Crippen LogP contribution in [0.3, 0.4) is 0 Å². The van der Waals surface area contributed by atoms with Crippen LogP contribution in [-0.4, -0.2) is 12.5 Å². The van der Waals surface area contributed by atoms with E-state index in [9.17, 15) is 4.79 Å². The second-order valence-corrected chi connectivity index (χ2v) is 6.22. The van der Waals surface area contributed by atoms with E-state index in [1.165, 1.54) is 25.7 Å². The molecule has 2 atom stereocenters. The van der Waals surface area contributed by atoms with Crippen molar-refractivity contribution in [1.82, 2.24) is 5.32 Å². The summed E-state index contributed by atoms with van der Waals surface area (Å²) in [5.74, 6) is 1.61. The van der Waals surface area contributed by atoms with Crippen molar-refractivity contribution < 1.29 is 4.79 Å². The van der Waals surface area contributed by atoms with E-state index < -0.39 is 0 Å². The fraction of sp³-hybridized carbons (Fsp3) is 0.500. The third-order valence-corrected chi connectivity index (χ3v) is 4.23. The molecule has 0 spiro atoms. The van der Waals surface area contributed by atoms with Crippen LogP contribution in [0.25, 0.3) is 6.08 Å². The fourth-order valence-corrected chi connectivity index (χ4v) is 3.11. The van der Waals surface area contributed by atoms with Gasteiger partial charge in [0.15, 0.2) is 0 Å². The zero-order chi connectivity index (χ0) is 15.1. The standard InChI is InChI=1S/C18H26N2O/c1-14-4-2-5-16(12-14)10-11-20-18(21)9-8-15-6-3-7-17(19)13-15/h3,6-9,13-14,16H,2,4-5,10-12,19H2,1H3,(H,20,21)/b9-8+. The molecule has 1 aromatic rings. The lowest BCUT2D eigenvalue weighted by Gasteiger charge is -2.26. The first-order valence-electron chi connectivity index (χ1n) is 7.95. The lowest BCUT2D eigenvalue weighted by molar-refractivity contribution is -0.116. The zero-order valence-electron chi connectivity index (χ0n) is 12.8. The highest BCUT2D eigenvalue weighted by atomic mass is 16.1. The molecular formula is C18H26N2O. The number of nitrogens with one attached hydrogen (secondary N) is 1. The summed E-state index contributed by atoms with van der Waals surface area (Å²) in [7, 11) is 0. The molecule has 1 aliphatic rings. The molecule has 0 aromatic heterocycles. The minimum Gasteiger partial charge on any atom is -0.399 e. The molecular weight excluding hydrogens is 260 g/mol. The summed E-state index contributed by atoms with van der Waals surface area (Å²) < 4.78 is 0. The second-order valence-electron chi connectivity index (χ2n) is 6.22. The van der Waals surface area contributed by atoms with Gasteiger partial charge in [-0.05, 0) is 48.4 Å². The largest absolute Gasteiger partial charge is 0.399 e. The van der Waals surface area contributed by atoms with Crippen molar-refractivity contribution in [2.45, 2.75) is 39.0 Å². The maximum absolute atomic E-state index is 11.8. The van der Waals surface area contributed by atoms with E-state index in [1.807, 2.05) is 24.3 Å². The Balaban J connectivity index is 1.70. The van der Waals surface area contributed by atoms with Crippen LogP contribution in [0.2, 0.25) is 0 Å². The summed E-state index contributed by atoms with van der Waals surface area (Å²) >= 11 is 0. The summed E-state index contributed by atoms with van der Waals surface area (Å²) in [4.78, 5) is 11.8. The van der Waals surface area contributed by atoms with E-state index in [0.717, 1.165) is 30.4 Å². The maximum atomic E-state index is 11.8. The number of nitrogens with two attached hydrogens (primary N) is 1. The Labute approximate surface area is 127 Å². The van der Waals surface area contributed by atoms with Gasteiger partial charge in [-0.1, -0.05) is 38.3 Å². The molecule has 3 nitrogen and oxygen atoms in total. The third kappa shape index (κ3) is 5.62. The van der Waals surface area contributed by atoms with Gasteiger partial charge in [-0.25, -0.2) is 0 Å². The van der Waals surface area contributed by atoms with Crippen LogP contribution in [-0.2, 0) is 4.79 Å². The Morgan fingerprint density at radius 3 is 3.05 bits per heavy atom. The zero-order valence-corrected chi connectivity index (χ0v) is 12.8. The van der Waals surface area contributed by atoms with Gasteiger partial charge in [0.25, 0.3) is 0 Å². The average Bonchev–Trinajstić information content (AvgIpc) is 2.45. The summed E-state index contributed by atoms with van der Waals surface area (Å²) in [5, 5.41) is 2.97. The predicted octanol–water partition coefficient (Wildman–Crippen LogP) is 3.61. The quantitative estimate of drug-likeness (QED) is 0.641. The molecule has 1 fully saturated rings. The number of hydrogen-bond acceptors (Lipinski definition) is 2. The van der Waals surface area contributed by atoms with Gasteiger partial charge in [-0.15, -0.1) is 0 Å². The highest BCUT2D eigenvalue weighted by Gasteiger charge is 2.18. The first kappa shape index (κ1) is 15.6. The molecule has 2 unspecified atom stereocenters. The van der Waals surface area contributed by atoms with Crippen molar-refractivity contribution in [2.75, 3.05) is 12.3 Å². The fourth-order valence-electron chi connectivity index (χ4n) is 3.11. The molecule has 0 bridgehead atoms. The normalized spacial score (nSPS) is 22.3. The number of carbonyl (C=O) groups excluding carboxylic acids is 1. The SMILES string of the molecule is CC1CCCC(CCNC(=O)/C=C/c2cccc(N)c2)C1. The molecule has 1 aromatic carbocycles. The smallest absolute Gasteiger partial charge is 0.243 e. The Morgan fingerprint density at radius 2 is 2.29 bits per heavy atom. The Morgan fingerprint density at radius 1 is 1.43 bits per heavy atom. The molecule has 0 heterocycles. The lowest BCUT2D eigenvalue weighted by Crippen LogP contribution is -2.25. The van der Waals surface area contributed by atoms with Gasteiger partial charge in [0.05, 0.1) is 0 Å². The van der Waals surface area contributed by atoms with Crippen molar-refractivity contribution >= 4 is 17.7 Å². The number of hydrogen-bond donors (Lipinski definition) is 2. The highest BCUT2D eigenvalue weighted by Crippen LogP contribution is 2.30. The average molecular weight is 286 g/mol. The van der Waals surface area contributed by atoms with E-state index in [1.54, 1.807) is 12.2 Å². The summed E-state index contributed by atoms with van der Waals surface area (Å²) in [6, 6.07) is 7.51. The van der Waals surface area contributed by atoms with Crippen LogP contribution in [0, 0.1) is 11.8 Å². The van der Waals surface area contributed by atoms with E-state index in [0.29, 0.717) is 5.69 Å². The number of carbonyl (C=O) groups is 1. The van der Waals surface area contributed by atoms with Crippen LogP contribution in [0.5, 0.6) is 0 Å². The van der Waals surface area contributed by atoms with Crippen molar-refractivity contribution in [3.63, 3.8) is 0 Å². The maximum Gasteiger partial charge on any atom is 0.243 e. The lowest BCUT2D eigenvalue weighted by atomic mass is 9.81. The van der Waals surface area contributed by atoms with Crippen LogP contribution < -0.4 is 11.1 Å². The van der Waals surface area contributed by atoms with Crippen molar-refractivity contribution in [3.8, 4) is 0 Å². The van der Waals surface area contributed by atoms with Crippen LogP contribution >= 0.6 is 0 Å². The Bertz CT molecular complexity index is 496. The monoisotopic (exact) mass is 286 g/mol. The molecule has 1 aliphatic carbocycles. The molecule has 3 heteroatoms. The van der Waals surface area contributed by atoms with Crippen LogP contribution in [0.1, 0.15) is 44.6 Å². The van der Waals surface area contributed by atoms with Crippen molar-refractivity contribution in [2.24, 2.45) is 11.8 Å². The molecule has 0 saturated heterocycles. The van der Waals surface area contributed by atoms with E-state index in [-0.39, 0.29) is 5.91 Å². The number of benzene rings is 1. The van der Waals surface area contributed by atoms with Gasteiger partial charge in [-0.3, -0.25) is 4.79 Å². The molecule has 1 amide bonds. The number of rotatable bonds is 5. The van der Waals surface area contributed by atoms with Crippen molar-refractivity contribution in [3.05, 3.63) is 35.9 Å². The topological polar surface area (TPSA) is 55.1 Å².